The Kier molecular flexibility index (Phi) is 3.61. The Bertz CT molecular complexity index is 394. The number of Topliss-reactive ketones (excluding diaryl/α,β-unsaturated/α-hetero) is 1. The molecule has 1 fully saturated rings. The molecule has 1 saturated heterocycles. The standard InChI is InChI=1S/C13H18N2O2/c1-10(2)17-12-4-3-7-14-13(12)15-8-5-11(16)6-9-15/h3-4,7,10H,5-6,8-9H2,1-2H3. The number of rotatable bonds is 3. The number of carbonyl (C=O) groups is 1. The van der Waals surface area contributed by atoms with Gasteiger partial charge in [-0.3, -0.25) is 4.79 Å². The molecule has 0 aliphatic carbocycles. The third kappa shape index (κ3) is 2.96. The van der Waals surface area contributed by atoms with E-state index in [1.54, 1.807) is 6.20 Å². The number of ether oxygens (including phenoxy) is 1. The molecule has 0 unspecified atom stereocenters. The average molecular weight is 234 g/mol. The maximum absolute atomic E-state index is 11.2. The van der Waals surface area contributed by atoms with Gasteiger partial charge in [0.15, 0.2) is 11.6 Å². The first-order chi connectivity index (χ1) is 8.16. The highest BCUT2D eigenvalue weighted by atomic mass is 16.5. The van der Waals surface area contributed by atoms with Crippen molar-refractivity contribution in [3.63, 3.8) is 0 Å². The Labute approximate surface area is 102 Å². The quantitative estimate of drug-likeness (QED) is 0.802. The summed E-state index contributed by atoms with van der Waals surface area (Å²) in [5.74, 6) is 1.99. The van der Waals surface area contributed by atoms with Crippen molar-refractivity contribution in [3.8, 4) is 5.75 Å². The Morgan fingerprint density at radius 2 is 2.06 bits per heavy atom. The number of aromatic nitrogens is 1. The average Bonchev–Trinajstić information content (AvgIpc) is 2.30. The predicted molar refractivity (Wildman–Crippen MR) is 66.5 cm³/mol. The van der Waals surface area contributed by atoms with Crippen molar-refractivity contribution >= 4 is 11.6 Å². The lowest BCUT2D eigenvalue weighted by Crippen LogP contribution is -2.34. The lowest BCUT2D eigenvalue weighted by atomic mass is 10.1. The molecule has 2 rings (SSSR count). The van der Waals surface area contributed by atoms with Crippen molar-refractivity contribution in [3.05, 3.63) is 18.3 Å². The van der Waals surface area contributed by atoms with Crippen molar-refractivity contribution in [2.75, 3.05) is 18.0 Å². The maximum atomic E-state index is 11.2. The van der Waals surface area contributed by atoms with E-state index < -0.39 is 0 Å². The summed E-state index contributed by atoms with van der Waals surface area (Å²) >= 11 is 0. The second-order valence-electron chi connectivity index (χ2n) is 4.52. The molecule has 1 aliphatic heterocycles. The van der Waals surface area contributed by atoms with Gasteiger partial charge in [0.2, 0.25) is 0 Å². The van der Waals surface area contributed by atoms with E-state index in [1.807, 2.05) is 26.0 Å². The second-order valence-corrected chi connectivity index (χ2v) is 4.52. The first kappa shape index (κ1) is 11.9. The van der Waals surface area contributed by atoms with Crippen LogP contribution in [0.15, 0.2) is 18.3 Å². The van der Waals surface area contributed by atoms with E-state index in [1.165, 1.54) is 0 Å². The van der Waals surface area contributed by atoms with Gasteiger partial charge in [0, 0.05) is 32.1 Å². The van der Waals surface area contributed by atoms with E-state index in [0.29, 0.717) is 18.6 Å². The topological polar surface area (TPSA) is 42.4 Å². The van der Waals surface area contributed by atoms with Crippen LogP contribution in [0, 0.1) is 0 Å². The van der Waals surface area contributed by atoms with Crippen LogP contribution in [0.25, 0.3) is 0 Å². The van der Waals surface area contributed by atoms with Crippen molar-refractivity contribution in [2.45, 2.75) is 32.8 Å². The number of nitrogens with zero attached hydrogens (tertiary/aromatic N) is 2. The number of hydrogen-bond donors (Lipinski definition) is 0. The maximum Gasteiger partial charge on any atom is 0.171 e. The Hall–Kier alpha value is -1.58. The molecular weight excluding hydrogens is 216 g/mol. The lowest BCUT2D eigenvalue weighted by molar-refractivity contribution is -0.119. The second kappa shape index (κ2) is 5.17. The molecule has 0 bridgehead atoms. The molecule has 0 N–H and O–H groups in total. The minimum atomic E-state index is 0.129. The molecule has 0 saturated carbocycles. The molecule has 2 heterocycles. The molecule has 92 valence electrons. The van der Waals surface area contributed by atoms with Crippen LogP contribution in [0.4, 0.5) is 5.82 Å². The molecule has 0 spiro atoms. The number of hydrogen-bond acceptors (Lipinski definition) is 4. The van der Waals surface area contributed by atoms with Crippen LogP contribution in [0.3, 0.4) is 0 Å². The predicted octanol–water partition coefficient (Wildman–Crippen LogP) is 2.04. The molecule has 0 aromatic carbocycles. The van der Waals surface area contributed by atoms with E-state index in [9.17, 15) is 4.79 Å². The number of ketones is 1. The van der Waals surface area contributed by atoms with Gasteiger partial charge in [-0.1, -0.05) is 0 Å². The summed E-state index contributed by atoms with van der Waals surface area (Å²) in [6, 6.07) is 3.80. The highest BCUT2D eigenvalue weighted by molar-refractivity contribution is 5.81. The normalized spacial score (nSPS) is 16.4. The van der Waals surface area contributed by atoms with Gasteiger partial charge in [0.05, 0.1) is 6.10 Å². The molecule has 0 atom stereocenters. The van der Waals surface area contributed by atoms with Crippen LogP contribution in [-0.4, -0.2) is 30.0 Å². The van der Waals surface area contributed by atoms with Crippen molar-refractivity contribution in [1.29, 1.82) is 0 Å². The zero-order chi connectivity index (χ0) is 12.3. The summed E-state index contributed by atoms with van der Waals surface area (Å²) in [4.78, 5) is 17.7. The summed E-state index contributed by atoms with van der Waals surface area (Å²) in [7, 11) is 0. The first-order valence-electron chi connectivity index (χ1n) is 6.05. The minimum Gasteiger partial charge on any atom is -0.487 e. The van der Waals surface area contributed by atoms with E-state index >= 15 is 0 Å². The van der Waals surface area contributed by atoms with Gasteiger partial charge >= 0.3 is 0 Å². The van der Waals surface area contributed by atoms with Gasteiger partial charge in [-0.15, -0.1) is 0 Å². The molecule has 4 nitrogen and oxygen atoms in total. The summed E-state index contributed by atoms with van der Waals surface area (Å²) in [5.41, 5.74) is 0. The third-order valence-electron chi connectivity index (χ3n) is 2.73. The highest BCUT2D eigenvalue weighted by Crippen LogP contribution is 2.27. The molecule has 1 aromatic rings. The van der Waals surface area contributed by atoms with Crippen molar-refractivity contribution in [1.82, 2.24) is 4.98 Å². The summed E-state index contributed by atoms with van der Waals surface area (Å²) in [6.07, 6.45) is 3.11. The smallest absolute Gasteiger partial charge is 0.171 e. The molecule has 1 aromatic heterocycles. The summed E-state index contributed by atoms with van der Waals surface area (Å²) in [5, 5.41) is 0. The van der Waals surface area contributed by atoms with Crippen LogP contribution in [0.5, 0.6) is 5.75 Å². The zero-order valence-electron chi connectivity index (χ0n) is 10.3. The third-order valence-corrected chi connectivity index (χ3v) is 2.73. The molecule has 0 amide bonds. The SMILES string of the molecule is CC(C)Oc1cccnc1N1CCC(=O)CC1. The summed E-state index contributed by atoms with van der Waals surface area (Å²) < 4.78 is 5.74. The molecule has 4 heteroatoms. The number of pyridine rings is 1. The van der Waals surface area contributed by atoms with Gasteiger partial charge in [-0.05, 0) is 26.0 Å². The fraction of sp³-hybridized carbons (Fsp3) is 0.538. The van der Waals surface area contributed by atoms with Crippen LogP contribution in [-0.2, 0) is 4.79 Å². The van der Waals surface area contributed by atoms with E-state index in [-0.39, 0.29) is 6.10 Å². The van der Waals surface area contributed by atoms with Crippen LogP contribution in [0.1, 0.15) is 26.7 Å². The van der Waals surface area contributed by atoms with Gasteiger partial charge < -0.3 is 9.64 Å². The zero-order valence-corrected chi connectivity index (χ0v) is 10.3. The Morgan fingerprint density at radius 3 is 2.71 bits per heavy atom. The van der Waals surface area contributed by atoms with E-state index in [4.69, 9.17) is 4.74 Å². The monoisotopic (exact) mass is 234 g/mol. The first-order valence-corrected chi connectivity index (χ1v) is 6.05. The fourth-order valence-electron chi connectivity index (χ4n) is 1.93. The summed E-state index contributed by atoms with van der Waals surface area (Å²) in [6.45, 7) is 5.47. The van der Waals surface area contributed by atoms with Gasteiger partial charge in [0.1, 0.15) is 5.78 Å². The van der Waals surface area contributed by atoms with Crippen molar-refractivity contribution < 1.29 is 9.53 Å². The van der Waals surface area contributed by atoms with Gasteiger partial charge in [-0.25, -0.2) is 4.98 Å². The highest BCUT2D eigenvalue weighted by Gasteiger charge is 2.20. The number of carbonyl (C=O) groups excluding carboxylic acids is 1. The van der Waals surface area contributed by atoms with Gasteiger partial charge in [0.25, 0.3) is 0 Å². The van der Waals surface area contributed by atoms with Crippen molar-refractivity contribution in [2.24, 2.45) is 0 Å². The fourth-order valence-corrected chi connectivity index (χ4v) is 1.93. The number of anilines is 1. The molecule has 1 aliphatic rings. The Morgan fingerprint density at radius 1 is 1.35 bits per heavy atom. The molecule has 0 radical (unpaired) electrons. The lowest BCUT2D eigenvalue weighted by Gasteiger charge is -2.28. The Balaban J connectivity index is 2.16. The van der Waals surface area contributed by atoms with E-state index in [0.717, 1.165) is 24.7 Å². The largest absolute Gasteiger partial charge is 0.487 e. The molecular formula is C13H18N2O2. The van der Waals surface area contributed by atoms with Gasteiger partial charge in [-0.2, -0.15) is 0 Å². The number of piperidine rings is 1. The minimum absolute atomic E-state index is 0.129. The molecule has 17 heavy (non-hydrogen) atoms. The van der Waals surface area contributed by atoms with Crippen LogP contribution in [0.2, 0.25) is 0 Å². The van der Waals surface area contributed by atoms with E-state index in [2.05, 4.69) is 9.88 Å². The van der Waals surface area contributed by atoms with Crippen LogP contribution < -0.4 is 9.64 Å². The van der Waals surface area contributed by atoms with Crippen LogP contribution >= 0.6 is 0 Å².